The summed E-state index contributed by atoms with van der Waals surface area (Å²) in [5, 5.41) is 8.96. The molecule has 1 heterocycles. The Balaban J connectivity index is 2.06. The predicted octanol–water partition coefficient (Wildman–Crippen LogP) is 4.54. The van der Waals surface area contributed by atoms with Crippen LogP contribution in [0.25, 0.3) is 0 Å². The molecule has 0 fully saturated rings. The number of aromatic nitrogens is 1. The number of methoxy groups -OCH3 is 1. The Hall–Kier alpha value is -2.80. The highest BCUT2D eigenvalue weighted by molar-refractivity contribution is 5.87. The van der Waals surface area contributed by atoms with E-state index in [4.69, 9.17) is 9.84 Å². The fraction of sp³-hybridized carbons (Fsp3) is 0.391. The lowest BCUT2D eigenvalue weighted by Gasteiger charge is -2.42. The minimum Gasteiger partial charge on any atom is -0.495 e. The summed E-state index contributed by atoms with van der Waals surface area (Å²) in [5.41, 5.74) is 4.34. The number of ether oxygens (including phenoxy) is 1. The third kappa shape index (κ3) is 3.68. The van der Waals surface area contributed by atoms with Gasteiger partial charge in [-0.2, -0.15) is 0 Å². The van der Waals surface area contributed by atoms with Gasteiger partial charge in [-0.05, 0) is 65.0 Å². The summed E-state index contributed by atoms with van der Waals surface area (Å²) >= 11 is 0. The molecule has 1 aromatic heterocycles. The second-order valence-electron chi connectivity index (χ2n) is 8.35. The molecule has 3 rings (SSSR count). The zero-order valence-electron chi connectivity index (χ0n) is 16.5. The van der Waals surface area contributed by atoms with Crippen LogP contribution in [-0.2, 0) is 10.8 Å². The van der Waals surface area contributed by atoms with Crippen molar-refractivity contribution < 1.29 is 14.6 Å². The average molecular weight is 363 g/mol. The number of hydrogen-bond donors (Lipinski definition) is 1. The predicted molar refractivity (Wildman–Crippen MR) is 105 cm³/mol. The van der Waals surface area contributed by atoms with Gasteiger partial charge < -0.3 is 9.84 Å². The summed E-state index contributed by atoms with van der Waals surface area (Å²) in [6.45, 7) is 9.10. The number of aromatic carboxylic acids is 1. The second kappa shape index (κ2) is 6.74. The second-order valence-corrected chi connectivity index (χ2v) is 8.35. The lowest BCUT2D eigenvalue weighted by Crippen LogP contribution is -2.34. The van der Waals surface area contributed by atoms with E-state index < -0.39 is 5.97 Å². The summed E-state index contributed by atoms with van der Waals surface area (Å²) < 4.78 is 5.61. The number of fused-ring (bicyclic) bond motifs is 1. The maximum atomic E-state index is 10.9. The van der Waals surface area contributed by atoms with Crippen LogP contribution >= 0.6 is 0 Å². The minimum atomic E-state index is -0.997. The average Bonchev–Trinajstić information content (AvgIpc) is 2.63. The molecule has 1 aliphatic carbocycles. The van der Waals surface area contributed by atoms with Crippen LogP contribution in [0.2, 0.25) is 0 Å². The Morgan fingerprint density at radius 2 is 1.70 bits per heavy atom. The van der Waals surface area contributed by atoms with Crippen LogP contribution in [0.1, 0.15) is 73.3 Å². The van der Waals surface area contributed by atoms with Crippen molar-refractivity contribution in [2.24, 2.45) is 0 Å². The summed E-state index contributed by atoms with van der Waals surface area (Å²) in [5.74, 6) is 5.94. The van der Waals surface area contributed by atoms with E-state index >= 15 is 0 Å². The molecule has 140 valence electrons. The molecule has 4 nitrogen and oxygen atoms in total. The number of nitrogens with zero attached hydrogens (tertiary/aromatic N) is 1. The maximum Gasteiger partial charge on any atom is 0.337 e. The molecular weight excluding hydrogens is 338 g/mol. The third-order valence-electron chi connectivity index (χ3n) is 5.51. The van der Waals surface area contributed by atoms with E-state index in [-0.39, 0.29) is 16.4 Å². The van der Waals surface area contributed by atoms with Crippen LogP contribution in [0.5, 0.6) is 5.75 Å². The number of hydrogen-bond acceptors (Lipinski definition) is 3. The third-order valence-corrected chi connectivity index (χ3v) is 5.51. The van der Waals surface area contributed by atoms with Gasteiger partial charge in [-0.15, -0.1) is 0 Å². The molecule has 2 aromatic rings. The molecule has 1 aromatic carbocycles. The van der Waals surface area contributed by atoms with Crippen molar-refractivity contribution in [2.45, 2.75) is 51.4 Å². The molecule has 0 spiro atoms. The highest BCUT2D eigenvalue weighted by Gasteiger charge is 2.37. The van der Waals surface area contributed by atoms with Crippen molar-refractivity contribution in [2.75, 3.05) is 7.11 Å². The SMILES string of the molecule is COc1cc2c(cc1C#Cc1ccc(C(=O)O)cn1)C(C)(C)CCC2(C)C. The summed E-state index contributed by atoms with van der Waals surface area (Å²) in [6, 6.07) is 7.40. The first-order valence-electron chi connectivity index (χ1n) is 9.08. The summed E-state index contributed by atoms with van der Waals surface area (Å²) in [7, 11) is 1.66. The maximum absolute atomic E-state index is 10.9. The van der Waals surface area contributed by atoms with Gasteiger partial charge in [-0.1, -0.05) is 33.6 Å². The molecule has 0 radical (unpaired) electrons. The topological polar surface area (TPSA) is 59.4 Å². The van der Waals surface area contributed by atoms with E-state index in [0.29, 0.717) is 5.69 Å². The lowest BCUT2D eigenvalue weighted by atomic mass is 9.63. The Kier molecular flexibility index (Phi) is 4.73. The molecule has 0 saturated heterocycles. The molecule has 0 bridgehead atoms. The van der Waals surface area contributed by atoms with E-state index in [1.807, 2.05) is 0 Å². The normalized spacial score (nSPS) is 16.6. The first-order chi connectivity index (χ1) is 12.6. The van der Waals surface area contributed by atoms with Crippen LogP contribution < -0.4 is 4.74 Å². The molecular formula is C23H25NO3. The highest BCUT2D eigenvalue weighted by atomic mass is 16.5. The van der Waals surface area contributed by atoms with E-state index in [9.17, 15) is 4.79 Å². The van der Waals surface area contributed by atoms with Crippen LogP contribution in [0.4, 0.5) is 0 Å². The van der Waals surface area contributed by atoms with Crippen molar-refractivity contribution in [1.29, 1.82) is 0 Å². The zero-order valence-corrected chi connectivity index (χ0v) is 16.5. The van der Waals surface area contributed by atoms with Gasteiger partial charge in [0.25, 0.3) is 0 Å². The molecule has 0 aliphatic heterocycles. The van der Waals surface area contributed by atoms with Crippen molar-refractivity contribution in [1.82, 2.24) is 4.98 Å². The number of carbonyl (C=O) groups is 1. The van der Waals surface area contributed by atoms with Crippen LogP contribution in [0, 0.1) is 11.8 Å². The van der Waals surface area contributed by atoms with Crippen LogP contribution in [-0.4, -0.2) is 23.2 Å². The van der Waals surface area contributed by atoms with Crippen molar-refractivity contribution in [3.63, 3.8) is 0 Å². The molecule has 0 unspecified atom stereocenters. The van der Waals surface area contributed by atoms with E-state index in [2.05, 4.69) is 56.7 Å². The molecule has 1 N–H and O–H groups in total. The van der Waals surface area contributed by atoms with Crippen molar-refractivity contribution >= 4 is 5.97 Å². The lowest BCUT2D eigenvalue weighted by molar-refractivity contribution is 0.0696. The zero-order chi connectivity index (χ0) is 19.8. The number of rotatable bonds is 2. The monoisotopic (exact) mass is 363 g/mol. The van der Waals surface area contributed by atoms with Gasteiger partial charge in [0.2, 0.25) is 0 Å². The molecule has 4 heteroatoms. The molecule has 27 heavy (non-hydrogen) atoms. The molecule has 1 aliphatic rings. The Morgan fingerprint density at radius 3 is 2.22 bits per heavy atom. The van der Waals surface area contributed by atoms with Crippen LogP contribution in [0.15, 0.2) is 30.5 Å². The standard InChI is InChI=1S/C23H25NO3/c1-22(2)10-11-23(3,4)19-13-20(27-5)15(12-18(19)22)6-8-17-9-7-16(14-24-17)21(25)26/h7,9,12-14H,10-11H2,1-5H3,(H,25,26). The van der Waals surface area contributed by atoms with Crippen molar-refractivity contribution in [3.05, 3.63) is 58.4 Å². The minimum absolute atomic E-state index is 0.0922. The first-order valence-corrected chi connectivity index (χ1v) is 9.08. The van der Waals surface area contributed by atoms with Gasteiger partial charge in [0.1, 0.15) is 11.4 Å². The van der Waals surface area contributed by atoms with Gasteiger partial charge >= 0.3 is 5.97 Å². The molecule has 0 atom stereocenters. The number of carboxylic acids is 1. The number of benzene rings is 1. The fourth-order valence-corrected chi connectivity index (χ4v) is 3.59. The van der Waals surface area contributed by atoms with Gasteiger partial charge in [-0.3, -0.25) is 0 Å². The smallest absolute Gasteiger partial charge is 0.337 e. The van der Waals surface area contributed by atoms with E-state index in [1.165, 1.54) is 23.4 Å². The Morgan fingerprint density at radius 1 is 1.07 bits per heavy atom. The van der Waals surface area contributed by atoms with Gasteiger partial charge in [0.15, 0.2) is 0 Å². The van der Waals surface area contributed by atoms with Crippen LogP contribution in [0.3, 0.4) is 0 Å². The summed E-state index contributed by atoms with van der Waals surface area (Å²) in [4.78, 5) is 15.0. The Labute approximate surface area is 160 Å². The Bertz CT molecular complexity index is 944. The summed E-state index contributed by atoms with van der Waals surface area (Å²) in [6.07, 6.45) is 3.59. The van der Waals surface area contributed by atoms with Crippen molar-refractivity contribution in [3.8, 4) is 17.6 Å². The van der Waals surface area contributed by atoms with Gasteiger partial charge in [0.05, 0.1) is 18.2 Å². The molecule has 0 amide bonds. The largest absolute Gasteiger partial charge is 0.495 e. The number of carboxylic acid groups (broad SMARTS) is 1. The van der Waals surface area contributed by atoms with E-state index in [0.717, 1.165) is 24.2 Å². The number of pyridine rings is 1. The first kappa shape index (κ1) is 19.0. The molecule has 0 saturated carbocycles. The van der Waals surface area contributed by atoms with E-state index in [1.54, 1.807) is 13.2 Å². The fourth-order valence-electron chi connectivity index (χ4n) is 3.59. The quantitative estimate of drug-likeness (QED) is 0.796. The van der Waals surface area contributed by atoms with Gasteiger partial charge in [-0.25, -0.2) is 9.78 Å². The van der Waals surface area contributed by atoms with Gasteiger partial charge in [0, 0.05) is 6.20 Å². The highest BCUT2D eigenvalue weighted by Crippen LogP contribution is 2.47.